The number of hydrogen-bond acceptors (Lipinski definition) is 4. The highest BCUT2D eigenvalue weighted by Gasteiger charge is 2.16. The summed E-state index contributed by atoms with van der Waals surface area (Å²) in [4.78, 5) is 11.6. The summed E-state index contributed by atoms with van der Waals surface area (Å²) in [6, 6.07) is 4.99. The van der Waals surface area contributed by atoms with Crippen molar-refractivity contribution in [3.63, 3.8) is 0 Å². The van der Waals surface area contributed by atoms with Crippen molar-refractivity contribution in [1.82, 2.24) is 0 Å². The van der Waals surface area contributed by atoms with Gasteiger partial charge in [0, 0.05) is 0 Å². The third kappa shape index (κ3) is 2.16. The number of carbonyl (C=O) groups excluding carboxylic acids is 1. The highest BCUT2D eigenvalue weighted by Crippen LogP contribution is 2.32. The third-order valence-electron chi connectivity index (χ3n) is 2.15. The van der Waals surface area contributed by atoms with Gasteiger partial charge in [-0.1, -0.05) is 12.2 Å². The fraction of sp³-hybridized carbons (Fsp3) is 0.250. The van der Waals surface area contributed by atoms with Crippen molar-refractivity contribution in [3.05, 3.63) is 35.9 Å². The normalized spacial score (nSPS) is 13.1. The second-order valence-electron chi connectivity index (χ2n) is 3.24. The van der Waals surface area contributed by atoms with Crippen LogP contribution in [0.4, 0.5) is 0 Å². The highest BCUT2D eigenvalue weighted by molar-refractivity contribution is 5.90. The molecule has 0 radical (unpaired) electrons. The summed E-state index contributed by atoms with van der Waals surface area (Å²) in [5.74, 6) is 0.877. The van der Waals surface area contributed by atoms with E-state index in [1.54, 1.807) is 24.3 Å². The molecule has 0 unspecified atom stereocenters. The molecule has 0 bridgehead atoms. The summed E-state index contributed by atoms with van der Waals surface area (Å²) in [6.07, 6.45) is 3.60. The van der Waals surface area contributed by atoms with Gasteiger partial charge in [0.1, 0.15) is 6.61 Å². The minimum absolute atomic E-state index is 0.201. The van der Waals surface area contributed by atoms with Crippen LogP contribution in [0.25, 0.3) is 0 Å². The minimum atomic E-state index is -0.364. The van der Waals surface area contributed by atoms with E-state index in [1.807, 2.05) is 13.0 Å². The molecule has 84 valence electrons. The fourth-order valence-electron chi connectivity index (χ4n) is 1.33. The second-order valence-corrected chi connectivity index (χ2v) is 3.24. The maximum atomic E-state index is 11.6. The van der Waals surface area contributed by atoms with Gasteiger partial charge >= 0.3 is 5.97 Å². The van der Waals surface area contributed by atoms with Crippen LogP contribution in [0.3, 0.4) is 0 Å². The summed E-state index contributed by atoms with van der Waals surface area (Å²) >= 11 is 0. The molecule has 16 heavy (non-hydrogen) atoms. The smallest absolute Gasteiger partial charge is 0.338 e. The Labute approximate surface area is 93.4 Å². The van der Waals surface area contributed by atoms with E-state index >= 15 is 0 Å². The van der Waals surface area contributed by atoms with Gasteiger partial charge in [0.25, 0.3) is 0 Å². The Morgan fingerprint density at radius 2 is 2.25 bits per heavy atom. The van der Waals surface area contributed by atoms with Gasteiger partial charge in [0.05, 0.1) is 5.56 Å². The van der Waals surface area contributed by atoms with Gasteiger partial charge in [-0.15, -0.1) is 0 Å². The van der Waals surface area contributed by atoms with Crippen LogP contribution in [0.1, 0.15) is 17.3 Å². The summed E-state index contributed by atoms with van der Waals surface area (Å²) in [7, 11) is 0. The number of hydrogen-bond donors (Lipinski definition) is 0. The molecule has 1 heterocycles. The lowest BCUT2D eigenvalue weighted by Gasteiger charge is -2.02. The van der Waals surface area contributed by atoms with Gasteiger partial charge in [0.15, 0.2) is 11.5 Å². The molecule has 0 fully saturated rings. The molecule has 4 nitrogen and oxygen atoms in total. The van der Waals surface area contributed by atoms with Crippen LogP contribution in [0, 0.1) is 0 Å². The minimum Gasteiger partial charge on any atom is -0.458 e. The largest absolute Gasteiger partial charge is 0.458 e. The molecule has 0 N–H and O–H groups in total. The van der Waals surface area contributed by atoms with Crippen LogP contribution in [-0.2, 0) is 4.74 Å². The van der Waals surface area contributed by atoms with E-state index in [9.17, 15) is 4.79 Å². The van der Waals surface area contributed by atoms with E-state index in [-0.39, 0.29) is 19.4 Å². The number of benzene rings is 1. The molecule has 4 heteroatoms. The molecule has 1 aliphatic rings. The molecule has 1 aromatic carbocycles. The Hall–Kier alpha value is -1.97. The van der Waals surface area contributed by atoms with E-state index in [0.29, 0.717) is 17.1 Å². The molecule has 0 spiro atoms. The zero-order valence-electron chi connectivity index (χ0n) is 8.93. The molecule has 0 atom stereocenters. The molecule has 0 aromatic heterocycles. The van der Waals surface area contributed by atoms with Crippen LogP contribution in [0.15, 0.2) is 30.4 Å². The van der Waals surface area contributed by atoms with E-state index in [4.69, 9.17) is 14.2 Å². The van der Waals surface area contributed by atoms with Gasteiger partial charge in [-0.3, -0.25) is 0 Å². The first-order valence-electron chi connectivity index (χ1n) is 4.99. The Bertz CT molecular complexity index is 423. The lowest BCUT2D eigenvalue weighted by Crippen LogP contribution is -2.04. The first kappa shape index (κ1) is 10.5. The Morgan fingerprint density at radius 3 is 3.06 bits per heavy atom. The van der Waals surface area contributed by atoms with E-state index in [1.165, 1.54) is 0 Å². The number of fused-ring (bicyclic) bond motifs is 1. The summed E-state index contributed by atoms with van der Waals surface area (Å²) in [5.41, 5.74) is 0.466. The lowest BCUT2D eigenvalue weighted by atomic mass is 10.2. The molecule has 0 aliphatic carbocycles. The predicted octanol–water partition coefficient (Wildman–Crippen LogP) is 2.15. The maximum Gasteiger partial charge on any atom is 0.338 e. The monoisotopic (exact) mass is 220 g/mol. The van der Waals surface area contributed by atoms with Crippen molar-refractivity contribution in [2.24, 2.45) is 0 Å². The van der Waals surface area contributed by atoms with Crippen LogP contribution in [0.5, 0.6) is 11.5 Å². The van der Waals surface area contributed by atoms with Crippen LogP contribution in [-0.4, -0.2) is 19.4 Å². The maximum absolute atomic E-state index is 11.6. The van der Waals surface area contributed by atoms with Crippen molar-refractivity contribution in [1.29, 1.82) is 0 Å². The number of ether oxygens (including phenoxy) is 3. The van der Waals surface area contributed by atoms with Crippen molar-refractivity contribution >= 4 is 5.97 Å². The quantitative estimate of drug-likeness (QED) is 0.578. The van der Waals surface area contributed by atoms with Gasteiger partial charge in [-0.05, 0) is 25.1 Å². The average molecular weight is 220 g/mol. The van der Waals surface area contributed by atoms with Crippen LogP contribution >= 0.6 is 0 Å². The summed E-state index contributed by atoms with van der Waals surface area (Å²) in [6.45, 7) is 2.35. The average Bonchev–Trinajstić information content (AvgIpc) is 2.76. The van der Waals surface area contributed by atoms with Crippen LogP contribution < -0.4 is 9.47 Å². The standard InChI is InChI=1S/C12H12O4/c1-2-3-6-14-12(13)9-4-5-10-11(7-9)16-8-15-10/h2-5,7H,6,8H2,1H3/b3-2+. The fourth-order valence-corrected chi connectivity index (χ4v) is 1.33. The molecule has 2 rings (SSSR count). The first-order valence-corrected chi connectivity index (χ1v) is 4.99. The topological polar surface area (TPSA) is 44.8 Å². The predicted molar refractivity (Wildman–Crippen MR) is 57.7 cm³/mol. The SMILES string of the molecule is C/C=C/COC(=O)c1ccc2c(c1)OCO2. The van der Waals surface area contributed by atoms with Gasteiger partial charge in [0.2, 0.25) is 6.79 Å². The van der Waals surface area contributed by atoms with Gasteiger partial charge in [-0.2, -0.15) is 0 Å². The van der Waals surface area contributed by atoms with Crippen molar-refractivity contribution < 1.29 is 19.0 Å². The molecular weight excluding hydrogens is 208 g/mol. The van der Waals surface area contributed by atoms with E-state index < -0.39 is 0 Å². The van der Waals surface area contributed by atoms with Gasteiger partial charge < -0.3 is 14.2 Å². The first-order chi connectivity index (χ1) is 7.81. The molecule has 0 saturated heterocycles. The Morgan fingerprint density at radius 1 is 1.44 bits per heavy atom. The number of allylic oxidation sites excluding steroid dienone is 1. The molecule has 0 saturated carbocycles. The van der Waals surface area contributed by atoms with Crippen molar-refractivity contribution in [2.45, 2.75) is 6.92 Å². The second kappa shape index (κ2) is 4.70. The lowest BCUT2D eigenvalue weighted by molar-refractivity contribution is 0.0549. The van der Waals surface area contributed by atoms with Crippen LogP contribution in [0.2, 0.25) is 0 Å². The number of esters is 1. The molecule has 1 aliphatic heterocycles. The van der Waals surface area contributed by atoms with Gasteiger partial charge in [-0.25, -0.2) is 4.79 Å². The van der Waals surface area contributed by atoms with E-state index in [0.717, 1.165) is 0 Å². The summed E-state index contributed by atoms with van der Waals surface area (Å²) in [5, 5.41) is 0. The van der Waals surface area contributed by atoms with Crippen molar-refractivity contribution in [3.8, 4) is 11.5 Å². The summed E-state index contributed by atoms with van der Waals surface area (Å²) < 4.78 is 15.3. The Balaban J connectivity index is 2.06. The number of rotatable bonds is 3. The zero-order chi connectivity index (χ0) is 11.4. The highest BCUT2D eigenvalue weighted by atomic mass is 16.7. The van der Waals surface area contributed by atoms with E-state index in [2.05, 4.69) is 0 Å². The molecule has 0 amide bonds. The zero-order valence-corrected chi connectivity index (χ0v) is 8.93. The number of carbonyl (C=O) groups is 1. The Kier molecular flexibility index (Phi) is 3.10. The molecular formula is C12H12O4. The third-order valence-corrected chi connectivity index (χ3v) is 2.15. The molecule has 1 aromatic rings. The van der Waals surface area contributed by atoms with Crippen molar-refractivity contribution in [2.75, 3.05) is 13.4 Å².